The van der Waals surface area contributed by atoms with Crippen LogP contribution >= 0.6 is 0 Å². The molecule has 0 saturated heterocycles. The number of para-hydroxylation sites is 1. The number of hydrogen-bond acceptors (Lipinski definition) is 4. The van der Waals surface area contributed by atoms with Gasteiger partial charge in [-0.2, -0.15) is 0 Å². The SMILES string of the molecule is COc1ccc(NC(=O)c2cc3ccccc3oc2=Nc2cccc(F)c2)cc1. The molecule has 0 aliphatic rings. The highest BCUT2D eigenvalue weighted by Gasteiger charge is 2.13. The maximum atomic E-state index is 13.6. The highest BCUT2D eigenvalue weighted by Crippen LogP contribution is 2.18. The van der Waals surface area contributed by atoms with E-state index in [4.69, 9.17) is 9.15 Å². The second-order valence-corrected chi connectivity index (χ2v) is 6.28. The molecule has 4 rings (SSSR count). The zero-order valence-electron chi connectivity index (χ0n) is 15.6. The molecule has 1 N–H and O–H groups in total. The molecular weight excluding hydrogens is 371 g/mol. The van der Waals surface area contributed by atoms with Gasteiger partial charge in [-0.05, 0) is 54.6 Å². The van der Waals surface area contributed by atoms with Crippen molar-refractivity contribution in [2.45, 2.75) is 0 Å². The number of hydrogen-bond donors (Lipinski definition) is 1. The summed E-state index contributed by atoms with van der Waals surface area (Å²) in [6, 6.07) is 21.8. The number of nitrogens with one attached hydrogen (secondary N) is 1. The smallest absolute Gasteiger partial charge is 0.261 e. The highest BCUT2D eigenvalue weighted by molar-refractivity contribution is 6.05. The van der Waals surface area contributed by atoms with Crippen molar-refractivity contribution in [2.24, 2.45) is 4.99 Å². The van der Waals surface area contributed by atoms with Crippen LogP contribution in [0.1, 0.15) is 10.4 Å². The number of rotatable bonds is 4. The maximum absolute atomic E-state index is 13.6. The van der Waals surface area contributed by atoms with Crippen molar-refractivity contribution in [2.75, 3.05) is 12.4 Å². The molecule has 0 atom stereocenters. The van der Waals surface area contributed by atoms with E-state index < -0.39 is 5.82 Å². The number of benzene rings is 3. The van der Waals surface area contributed by atoms with E-state index in [0.29, 0.717) is 22.7 Å². The van der Waals surface area contributed by atoms with E-state index in [1.165, 1.54) is 12.1 Å². The van der Waals surface area contributed by atoms with Gasteiger partial charge >= 0.3 is 0 Å². The lowest BCUT2D eigenvalue weighted by molar-refractivity contribution is 0.102. The van der Waals surface area contributed by atoms with Gasteiger partial charge in [0, 0.05) is 11.1 Å². The van der Waals surface area contributed by atoms with Crippen LogP contribution in [-0.4, -0.2) is 13.0 Å². The standard InChI is InChI=1S/C23H17FN2O3/c1-28-19-11-9-17(10-12-19)25-22(27)20-13-15-5-2-3-8-21(15)29-23(20)26-18-7-4-6-16(24)14-18/h2-14H,1H3,(H,25,27). The van der Waals surface area contributed by atoms with Crippen LogP contribution in [0.3, 0.4) is 0 Å². The molecule has 1 amide bonds. The molecule has 0 radical (unpaired) electrons. The van der Waals surface area contributed by atoms with Crippen LogP contribution in [0.25, 0.3) is 11.0 Å². The van der Waals surface area contributed by atoms with Gasteiger partial charge in [-0.15, -0.1) is 0 Å². The summed E-state index contributed by atoms with van der Waals surface area (Å²) in [4.78, 5) is 17.3. The van der Waals surface area contributed by atoms with Gasteiger partial charge in [0.1, 0.15) is 22.7 Å². The van der Waals surface area contributed by atoms with Gasteiger partial charge in [-0.3, -0.25) is 4.79 Å². The van der Waals surface area contributed by atoms with Gasteiger partial charge in [0.15, 0.2) is 0 Å². The van der Waals surface area contributed by atoms with E-state index in [9.17, 15) is 9.18 Å². The third kappa shape index (κ3) is 4.16. The summed E-state index contributed by atoms with van der Waals surface area (Å²) in [6.45, 7) is 0. The van der Waals surface area contributed by atoms with Crippen LogP contribution in [0, 0.1) is 5.82 Å². The number of carbonyl (C=O) groups is 1. The molecule has 3 aromatic carbocycles. The van der Waals surface area contributed by atoms with E-state index in [0.717, 1.165) is 5.39 Å². The first-order valence-electron chi connectivity index (χ1n) is 8.91. The molecule has 0 aliphatic carbocycles. The van der Waals surface area contributed by atoms with Crippen molar-refractivity contribution >= 4 is 28.3 Å². The normalized spacial score (nSPS) is 11.4. The van der Waals surface area contributed by atoms with Crippen molar-refractivity contribution in [3.63, 3.8) is 0 Å². The molecule has 6 heteroatoms. The van der Waals surface area contributed by atoms with Crippen LogP contribution in [0.15, 0.2) is 88.3 Å². The minimum absolute atomic E-state index is 0.0975. The fourth-order valence-corrected chi connectivity index (χ4v) is 2.85. The molecule has 0 aliphatic heterocycles. The predicted molar refractivity (Wildman–Crippen MR) is 109 cm³/mol. The van der Waals surface area contributed by atoms with Gasteiger partial charge in [0.05, 0.1) is 12.8 Å². The molecule has 1 heterocycles. The molecule has 0 fully saturated rings. The zero-order valence-corrected chi connectivity index (χ0v) is 15.6. The van der Waals surface area contributed by atoms with Gasteiger partial charge in [0.2, 0.25) is 5.55 Å². The molecule has 144 valence electrons. The van der Waals surface area contributed by atoms with E-state index in [1.807, 2.05) is 18.2 Å². The monoisotopic (exact) mass is 388 g/mol. The minimum Gasteiger partial charge on any atom is -0.497 e. The van der Waals surface area contributed by atoms with Crippen LogP contribution < -0.4 is 15.6 Å². The second kappa shape index (κ2) is 7.98. The molecule has 0 spiro atoms. The van der Waals surface area contributed by atoms with Crippen molar-refractivity contribution in [3.05, 3.63) is 95.8 Å². The van der Waals surface area contributed by atoms with E-state index in [2.05, 4.69) is 10.3 Å². The van der Waals surface area contributed by atoms with Crippen LogP contribution in [0.2, 0.25) is 0 Å². The van der Waals surface area contributed by atoms with Gasteiger partial charge < -0.3 is 14.5 Å². The molecule has 0 saturated carbocycles. The lowest BCUT2D eigenvalue weighted by Crippen LogP contribution is -2.21. The molecule has 29 heavy (non-hydrogen) atoms. The fourth-order valence-electron chi connectivity index (χ4n) is 2.85. The summed E-state index contributed by atoms with van der Waals surface area (Å²) in [5.74, 6) is -0.124. The number of halogens is 1. The Labute approximate surface area is 166 Å². The number of amides is 1. The Balaban J connectivity index is 1.79. The number of methoxy groups -OCH3 is 1. The van der Waals surface area contributed by atoms with Crippen molar-refractivity contribution in [3.8, 4) is 5.75 Å². The molecule has 0 bridgehead atoms. The Morgan fingerprint density at radius 1 is 1.00 bits per heavy atom. The molecule has 0 unspecified atom stereocenters. The number of fused-ring (bicyclic) bond motifs is 1. The first kappa shape index (κ1) is 18.4. The lowest BCUT2D eigenvalue weighted by atomic mass is 10.1. The molecular formula is C23H17FN2O3. The van der Waals surface area contributed by atoms with Gasteiger partial charge in [0.25, 0.3) is 5.91 Å². The Hall–Kier alpha value is -3.93. The third-order valence-electron chi connectivity index (χ3n) is 4.29. The highest BCUT2D eigenvalue weighted by atomic mass is 19.1. The Morgan fingerprint density at radius 3 is 2.55 bits per heavy atom. The minimum atomic E-state index is -0.420. The first-order valence-corrected chi connectivity index (χ1v) is 8.91. The van der Waals surface area contributed by atoms with Crippen LogP contribution in [0.4, 0.5) is 15.8 Å². The Bertz CT molecular complexity index is 1250. The average Bonchev–Trinajstić information content (AvgIpc) is 2.74. The second-order valence-electron chi connectivity index (χ2n) is 6.28. The first-order chi connectivity index (χ1) is 14.1. The summed E-state index contributed by atoms with van der Waals surface area (Å²) in [6.07, 6.45) is 0. The van der Waals surface area contributed by atoms with Crippen LogP contribution in [0.5, 0.6) is 5.75 Å². The molecule has 1 aromatic heterocycles. The van der Waals surface area contributed by atoms with Crippen molar-refractivity contribution < 1.29 is 18.3 Å². The lowest BCUT2D eigenvalue weighted by Gasteiger charge is -2.08. The summed E-state index contributed by atoms with van der Waals surface area (Å²) in [5.41, 5.74) is 1.86. The predicted octanol–water partition coefficient (Wildman–Crippen LogP) is 5.07. The number of nitrogens with zero attached hydrogens (tertiary/aromatic N) is 1. The number of ether oxygens (including phenoxy) is 1. The summed E-state index contributed by atoms with van der Waals surface area (Å²) in [5, 5.41) is 3.58. The Kier molecular flexibility index (Phi) is 5.07. The molecule has 5 nitrogen and oxygen atoms in total. The van der Waals surface area contributed by atoms with E-state index in [-0.39, 0.29) is 17.0 Å². The maximum Gasteiger partial charge on any atom is 0.261 e. The zero-order chi connectivity index (χ0) is 20.2. The van der Waals surface area contributed by atoms with Gasteiger partial charge in [-0.1, -0.05) is 24.3 Å². The third-order valence-corrected chi connectivity index (χ3v) is 4.29. The molecule has 4 aromatic rings. The summed E-state index contributed by atoms with van der Waals surface area (Å²) >= 11 is 0. The van der Waals surface area contributed by atoms with Crippen molar-refractivity contribution in [1.29, 1.82) is 0 Å². The summed E-state index contributed by atoms with van der Waals surface area (Å²) in [7, 11) is 1.57. The van der Waals surface area contributed by atoms with E-state index >= 15 is 0 Å². The topological polar surface area (TPSA) is 63.8 Å². The fraction of sp³-hybridized carbons (Fsp3) is 0.0435. The number of carbonyl (C=O) groups excluding carboxylic acids is 1. The largest absolute Gasteiger partial charge is 0.497 e. The van der Waals surface area contributed by atoms with E-state index in [1.54, 1.807) is 55.6 Å². The van der Waals surface area contributed by atoms with Crippen LogP contribution in [-0.2, 0) is 0 Å². The number of anilines is 1. The average molecular weight is 388 g/mol. The van der Waals surface area contributed by atoms with Gasteiger partial charge in [-0.25, -0.2) is 9.38 Å². The van der Waals surface area contributed by atoms with Crippen molar-refractivity contribution in [1.82, 2.24) is 0 Å². The Morgan fingerprint density at radius 2 is 1.79 bits per heavy atom. The quantitative estimate of drug-likeness (QED) is 0.531. The summed E-state index contributed by atoms with van der Waals surface area (Å²) < 4.78 is 24.5.